The molecule has 3 N–H and O–H groups in total. The highest BCUT2D eigenvalue weighted by molar-refractivity contribution is 6.19. The van der Waals surface area contributed by atoms with E-state index in [0.717, 1.165) is 24.3 Å². The molecule has 0 saturated carbocycles. The topological polar surface area (TPSA) is 99.2 Å². The molecule has 1 atom stereocenters. The van der Waals surface area contributed by atoms with Crippen molar-refractivity contribution in [3.8, 4) is 6.07 Å². The van der Waals surface area contributed by atoms with Crippen molar-refractivity contribution in [3.63, 3.8) is 0 Å². The van der Waals surface area contributed by atoms with Crippen molar-refractivity contribution in [2.75, 3.05) is 10.2 Å². The number of allylic oxidation sites excluding steroid dienone is 1. The standard InChI is InChI=1S/C24H16F4N4O2/c25-13-6-9-17-15(10-13)23(22(34)31-17)16(11-29)21(30)32(18-2-1-3-19(33)20(18)23)14-7-4-12(5-8-14)24(26,27)28/h4-10H,1-3,30H2,(H,31,34)/t23-/m0/s1. The number of nitrogens with zero attached hydrogens (tertiary/aromatic N) is 2. The fraction of sp³-hybridized carbons (Fsp3) is 0.208. The number of nitrogens with one attached hydrogen (secondary N) is 1. The first-order valence-corrected chi connectivity index (χ1v) is 10.4. The summed E-state index contributed by atoms with van der Waals surface area (Å²) < 4.78 is 53.5. The summed E-state index contributed by atoms with van der Waals surface area (Å²) in [6.45, 7) is 0. The lowest BCUT2D eigenvalue weighted by Crippen LogP contribution is -2.50. The number of ketones is 1. The van der Waals surface area contributed by atoms with Crippen molar-refractivity contribution >= 4 is 23.1 Å². The minimum Gasteiger partial charge on any atom is -0.384 e. The molecule has 0 fully saturated rings. The number of alkyl halides is 3. The Balaban J connectivity index is 1.81. The van der Waals surface area contributed by atoms with E-state index < -0.39 is 34.7 Å². The van der Waals surface area contributed by atoms with Gasteiger partial charge in [-0.25, -0.2) is 4.39 Å². The van der Waals surface area contributed by atoms with Crippen LogP contribution in [0.3, 0.4) is 0 Å². The largest absolute Gasteiger partial charge is 0.416 e. The van der Waals surface area contributed by atoms with Gasteiger partial charge in [0.1, 0.15) is 23.1 Å². The van der Waals surface area contributed by atoms with E-state index in [1.54, 1.807) is 0 Å². The van der Waals surface area contributed by atoms with Crippen LogP contribution >= 0.6 is 0 Å². The maximum atomic E-state index is 14.3. The number of carbonyl (C=O) groups excluding carboxylic acids is 2. The monoisotopic (exact) mass is 468 g/mol. The summed E-state index contributed by atoms with van der Waals surface area (Å²) in [5, 5.41) is 12.7. The number of benzene rings is 2. The molecule has 1 amide bonds. The zero-order valence-corrected chi connectivity index (χ0v) is 17.5. The van der Waals surface area contributed by atoms with Gasteiger partial charge in [0.05, 0.1) is 11.1 Å². The highest BCUT2D eigenvalue weighted by atomic mass is 19.4. The number of amides is 1. The van der Waals surface area contributed by atoms with Crippen molar-refractivity contribution < 1.29 is 27.2 Å². The van der Waals surface area contributed by atoms with Crippen molar-refractivity contribution in [1.29, 1.82) is 5.26 Å². The number of Topliss-reactive ketones (excluding diaryl/α,β-unsaturated/α-hetero) is 1. The van der Waals surface area contributed by atoms with Gasteiger partial charge in [-0.3, -0.25) is 14.5 Å². The zero-order valence-electron chi connectivity index (χ0n) is 17.5. The lowest BCUT2D eigenvalue weighted by Gasteiger charge is -2.43. The van der Waals surface area contributed by atoms with Crippen LogP contribution < -0.4 is 16.0 Å². The summed E-state index contributed by atoms with van der Waals surface area (Å²) in [4.78, 5) is 28.1. The van der Waals surface area contributed by atoms with Crippen LogP contribution in [-0.4, -0.2) is 11.7 Å². The molecule has 0 aromatic heterocycles. The fourth-order valence-corrected chi connectivity index (χ4v) is 5.06. The average molecular weight is 468 g/mol. The molecule has 6 nitrogen and oxygen atoms in total. The number of nitrogens with two attached hydrogens (primary N) is 1. The Hall–Kier alpha value is -4.13. The first-order chi connectivity index (χ1) is 16.1. The number of hydrogen-bond acceptors (Lipinski definition) is 5. The summed E-state index contributed by atoms with van der Waals surface area (Å²) >= 11 is 0. The first kappa shape index (κ1) is 21.7. The van der Waals surface area contributed by atoms with E-state index in [1.807, 2.05) is 6.07 Å². The highest BCUT2D eigenvalue weighted by Gasteiger charge is 2.60. The van der Waals surface area contributed by atoms with Gasteiger partial charge in [-0.15, -0.1) is 0 Å². The molecule has 1 aliphatic carbocycles. The Morgan fingerprint density at radius 1 is 1.09 bits per heavy atom. The Kier molecular flexibility index (Phi) is 4.59. The van der Waals surface area contributed by atoms with Gasteiger partial charge in [-0.2, -0.15) is 18.4 Å². The first-order valence-electron chi connectivity index (χ1n) is 10.4. The SMILES string of the molecule is N#CC1=C(N)N(c2ccc(C(F)(F)F)cc2)C2=C(C(=O)CCC2)[C@@]12C(=O)Nc1ccc(F)cc12. The summed E-state index contributed by atoms with van der Waals surface area (Å²) in [6, 6.07) is 9.64. The van der Waals surface area contributed by atoms with E-state index in [1.165, 1.54) is 23.1 Å². The van der Waals surface area contributed by atoms with Crippen LogP contribution in [0.4, 0.5) is 28.9 Å². The third-order valence-corrected chi connectivity index (χ3v) is 6.44. The van der Waals surface area contributed by atoms with Crippen molar-refractivity contribution in [3.05, 3.63) is 82.1 Å². The molecule has 3 aliphatic rings. The van der Waals surface area contributed by atoms with Crippen LogP contribution in [0.15, 0.2) is 65.1 Å². The zero-order chi connectivity index (χ0) is 24.4. The third-order valence-electron chi connectivity index (χ3n) is 6.44. The van der Waals surface area contributed by atoms with Crippen LogP contribution in [0.2, 0.25) is 0 Å². The van der Waals surface area contributed by atoms with Gasteiger partial charge in [-0.1, -0.05) is 0 Å². The Morgan fingerprint density at radius 2 is 1.79 bits per heavy atom. The molecule has 172 valence electrons. The summed E-state index contributed by atoms with van der Waals surface area (Å²) in [5.74, 6) is -1.99. The smallest absolute Gasteiger partial charge is 0.384 e. The van der Waals surface area contributed by atoms with E-state index in [0.29, 0.717) is 12.1 Å². The molecular weight excluding hydrogens is 452 g/mol. The maximum absolute atomic E-state index is 14.3. The van der Waals surface area contributed by atoms with E-state index in [2.05, 4.69) is 5.32 Å². The van der Waals surface area contributed by atoms with Gasteiger partial charge in [-0.05, 0) is 55.3 Å². The molecule has 0 unspecified atom stereocenters. The molecule has 0 radical (unpaired) electrons. The normalized spacial score (nSPS) is 22.0. The molecule has 2 heterocycles. The number of halogens is 4. The molecule has 2 aromatic rings. The lowest BCUT2D eigenvalue weighted by atomic mass is 9.64. The number of nitriles is 1. The molecule has 5 rings (SSSR count). The third kappa shape index (κ3) is 2.79. The predicted molar refractivity (Wildman–Crippen MR) is 113 cm³/mol. The molecule has 2 aliphatic heterocycles. The van der Waals surface area contributed by atoms with Gasteiger partial charge >= 0.3 is 6.18 Å². The minimum absolute atomic E-state index is 0.00810. The van der Waals surface area contributed by atoms with Crippen molar-refractivity contribution in [1.82, 2.24) is 0 Å². The molecule has 0 saturated heterocycles. The van der Waals surface area contributed by atoms with Crippen LogP contribution in [0.25, 0.3) is 0 Å². The van der Waals surface area contributed by atoms with Crippen LogP contribution in [-0.2, 0) is 21.2 Å². The van der Waals surface area contributed by atoms with Crippen LogP contribution in [0, 0.1) is 17.1 Å². The average Bonchev–Trinajstić information content (AvgIpc) is 3.05. The Labute approximate surface area is 190 Å². The molecule has 0 bridgehead atoms. The molecule has 10 heteroatoms. The molecular formula is C24H16F4N4O2. The van der Waals surface area contributed by atoms with E-state index >= 15 is 0 Å². The van der Waals surface area contributed by atoms with Crippen LogP contribution in [0.5, 0.6) is 0 Å². The van der Waals surface area contributed by atoms with Crippen molar-refractivity contribution in [2.45, 2.75) is 30.9 Å². The van der Waals surface area contributed by atoms with E-state index in [4.69, 9.17) is 5.73 Å². The quantitative estimate of drug-likeness (QED) is 0.610. The molecule has 34 heavy (non-hydrogen) atoms. The van der Waals surface area contributed by atoms with Crippen molar-refractivity contribution in [2.24, 2.45) is 5.73 Å². The fourth-order valence-electron chi connectivity index (χ4n) is 5.06. The lowest BCUT2D eigenvalue weighted by molar-refractivity contribution is -0.137. The number of hydrogen-bond donors (Lipinski definition) is 2. The summed E-state index contributed by atoms with van der Waals surface area (Å²) in [5.41, 5.74) is 4.15. The van der Waals surface area contributed by atoms with E-state index in [-0.39, 0.29) is 46.7 Å². The molecule has 1 spiro atoms. The van der Waals surface area contributed by atoms with Gasteiger partial charge in [0, 0.05) is 34.6 Å². The van der Waals surface area contributed by atoms with Crippen LogP contribution in [0.1, 0.15) is 30.4 Å². The Bertz CT molecular complexity index is 1370. The minimum atomic E-state index is -4.55. The highest BCUT2D eigenvalue weighted by Crippen LogP contribution is 2.55. The second-order valence-electron chi connectivity index (χ2n) is 8.24. The van der Waals surface area contributed by atoms with Gasteiger partial charge < -0.3 is 11.1 Å². The van der Waals surface area contributed by atoms with E-state index in [9.17, 15) is 32.4 Å². The predicted octanol–water partition coefficient (Wildman–Crippen LogP) is 4.26. The number of rotatable bonds is 1. The number of fused-ring (bicyclic) bond motifs is 3. The summed E-state index contributed by atoms with van der Waals surface area (Å²) in [6.07, 6.45) is -3.76. The molecule has 2 aromatic carbocycles. The van der Waals surface area contributed by atoms with Gasteiger partial charge in [0.25, 0.3) is 0 Å². The Morgan fingerprint density at radius 3 is 2.44 bits per heavy atom. The number of carbonyl (C=O) groups is 2. The number of anilines is 2. The second kappa shape index (κ2) is 7.18. The van der Waals surface area contributed by atoms with Gasteiger partial charge in [0.2, 0.25) is 5.91 Å². The maximum Gasteiger partial charge on any atom is 0.416 e. The van der Waals surface area contributed by atoms with Gasteiger partial charge in [0.15, 0.2) is 5.78 Å². The summed E-state index contributed by atoms with van der Waals surface area (Å²) in [7, 11) is 0. The second-order valence-corrected chi connectivity index (χ2v) is 8.24.